The van der Waals surface area contributed by atoms with E-state index in [0.717, 1.165) is 22.6 Å². The molecule has 0 spiro atoms. The summed E-state index contributed by atoms with van der Waals surface area (Å²) in [6.45, 7) is 9.20. The van der Waals surface area contributed by atoms with Crippen LogP contribution in [0.5, 0.6) is 5.75 Å². The van der Waals surface area contributed by atoms with Gasteiger partial charge in [0.15, 0.2) is 0 Å². The molecule has 3 nitrogen and oxygen atoms in total. The SMILES string of the molecule is CCOC(=S)Nc1ccccc1COc1cc(C)c(C)cc1C. The Morgan fingerprint density at radius 1 is 1.04 bits per heavy atom. The number of hydrogen-bond acceptors (Lipinski definition) is 3. The number of nitrogens with one attached hydrogen (secondary N) is 1. The minimum Gasteiger partial charge on any atom is -0.489 e. The van der Waals surface area contributed by atoms with Crippen LogP contribution in [0, 0.1) is 20.8 Å². The molecule has 0 unspecified atom stereocenters. The first-order valence-electron chi connectivity index (χ1n) is 7.73. The standard InChI is InChI=1S/C19H23NO2S/c1-5-21-19(23)20-17-9-7-6-8-16(17)12-22-18-11-14(3)13(2)10-15(18)4/h6-11H,5,12H2,1-4H3,(H,20,23). The predicted molar refractivity (Wildman–Crippen MR) is 99.3 cm³/mol. The average molecular weight is 329 g/mol. The molecule has 23 heavy (non-hydrogen) atoms. The zero-order chi connectivity index (χ0) is 16.8. The van der Waals surface area contributed by atoms with E-state index in [2.05, 4.69) is 38.2 Å². The van der Waals surface area contributed by atoms with Gasteiger partial charge in [0, 0.05) is 11.3 Å². The van der Waals surface area contributed by atoms with Crippen molar-refractivity contribution in [2.45, 2.75) is 34.3 Å². The van der Waals surface area contributed by atoms with Crippen molar-refractivity contribution in [2.24, 2.45) is 0 Å². The van der Waals surface area contributed by atoms with E-state index < -0.39 is 0 Å². The molecule has 0 amide bonds. The fraction of sp³-hybridized carbons (Fsp3) is 0.316. The largest absolute Gasteiger partial charge is 0.489 e. The Bertz CT molecular complexity index is 698. The van der Waals surface area contributed by atoms with E-state index in [1.165, 1.54) is 11.1 Å². The van der Waals surface area contributed by atoms with Crippen LogP contribution in [-0.2, 0) is 11.3 Å². The second-order valence-electron chi connectivity index (χ2n) is 5.49. The summed E-state index contributed by atoms with van der Waals surface area (Å²) in [6, 6.07) is 12.2. The predicted octanol–water partition coefficient (Wildman–Crippen LogP) is 4.92. The molecule has 2 rings (SSSR count). The summed E-state index contributed by atoms with van der Waals surface area (Å²) in [5.41, 5.74) is 5.59. The van der Waals surface area contributed by atoms with Gasteiger partial charge in [0.1, 0.15) is 12.4 Å². The number of ether oxygens (including phenoxy) is 2. The third kappa shape index (κ3) is 4.70. The van der Waals surface area contributed by atoms with Crippen molar-refractivity contribution in [1.82, 2.24) is 0 Å². The van der Waals surface area contributed by atoms with Gasteiger partial charge in [0.2, 0.25) is 0 Å². The van der Waals surface area contributed by atoms with Crippen molar-refractivity contribution >= 4 is 23.1 Å². The van der Waals surface area contributed by atoms with Gasteiger partial charge >= 0.3 is 0 Å². The molecule has 2 aromatic carbocycles. The number of hydrogen-bond donors (Lipinski definition) is 1. The molecule has 0 atom stereocenters. The van der Waals surface area contributed by atoms with Crippen LogP contribution < -0.4 is 10.1 Å². The van der Waals surface area contributed by atoms with Crippen molar-refractivity contribution in [2.75, 3.05) is 11.9 Å². The molecule has 0 aliphatic rings. The van der Waals surface area contributed by atoms with Crippen molar-refractivity contribution in [3.63, 3.8) is 0 Å². The van der Waals surface area contributed by atoms with Gasteiger partial charge in [-0.25, -0.2) is 0 Å². The Hall–Kier alpha value is -2.07. The van der Waals surface area contributed by atoms with Gasteiger partial charge in [-0.2, -0.15) is 0 Å². The monoisotopic (exact) mass is 329 g/mol. The van der Waals surface area contributed by atoms with Gasteiger partial charge in [-0.15, -0.1) is 0 Å². The van der Waals surface area contributed by atoms with Crippen molar-refractivity contribution in [3.8, 4) is 5.75 Å². The summed E-state index contributed by atoms with van der Waals surface area (Å²) in [5, 5.41) is 3.49. The number of thiocarbonyl (C=S) groups is 1. The number of benzene rings is 2. The minimum atomic E-state index is 0.377. The molecule has 0 fully saturated rings. The van der Waals surface area contributed by atoms with Gasteiger partial charge in [0.05, 0.1) is 6.61 Å². The normalized spacial score (nSPS) is 10.3. The topological polar surface area (TPSA) is 30.5 Å². The van der Waals surface area contributed by atoms with Gasteiger partial charge in [-0.1, -0.05) is 24.3 Å². The highest BCUT2D eigenvalue weighted by molar-refractivity contribution is 7.80. The lowest BCUT2D eigenvalue weighted by atomic mass is 10.1. The highest BCUT2D eigenvalue weighted by Crippen LogP contribution is 2.25. The molecule has 0 aromatic heterocycles. The highest BCUT2D eigenvalue weighted by Gasteiger charge is 2.07. The van der Waals surface area contributed by atoms with E-state index in [9.17, 15) is 0 Å². The van der Waals surface area contributed by atoms with E-state index in [4.69, 9.17) is 21.7 Å². The lowest BCUT2D eigenvalue weighted by molar-refractivity contribution is 0.304. The Balaban J connectivity index is 2.12. The van der Waals surface area contributed by atoms with E-state index in [1.807, 2.05) is 31.2 Å². The summed E-state index contributed by atoms with van der Waals surface area (Å²) in [7, 11) is 0. The van der Waals surface area contributed by atoms with E-state index in [0.29, 0.717) is 18.4 Å². The van der Waals surface area contributed by atoms with Crippen LogP contribution in [0.15, 0.2) is 36.4 Å². The molecular formula is C19H23NO2S. The van der Waals surface area contributed by atoms with Gasteiger partial charge in [0.25, 0.3) is 5.17 Å². The molecule has 4 heteroatoms. The summed E-state index contributed by atoms with van der Waals surface area (Å²) in [5.74, 6) is 0.912. The fourth-order valence-electron chi connectivity index (χ4n) is 2.29. The molecule has 122 valence electrons. The third-order valence-corrected chi connectivity index (χ3v) is 3.92. The lowest BCUT2D eigenvalue weighted by Crippen LogP contribution is -2.14. The average Bonchev–Trinajstić information content (AvgIpc) is 2.51. The van der Waals surface area contributed by atoms with E-state index >= 15 is 0 Å². The molecule has 1 N–H and O–H groups in total. The molecule has 0 aliphatic carbocycles. The Morgan fingerprint density at radius 3 is 2.48 bits per heavy atom. The van der Waals surface area contributed by atoms with Crippen LogP contribution in [0.4, 0.5) is 5.69 Å². The maximum atomic E-state index is 6.02. The maximum Gasteiger partial charge on any atom is 0.261 e. The first-order valence-corrected chi connectivity index (χ1v) is 8.14. The molecular weight excluding hydrogens is 306 g/mol. The highest BCUT2D eigenvalue weighted by atomic mass is 32.1. The first kappa shape index (κ1) is 17.3. The second kappa shape index (κ2) is 7.97. The van der Waals surface area contributed by atoms with Crippen molar-refractivity contribution in [3.05, 3.63) is 58.7 Å². The molecule has 0 saturated heterocycles. The van der Waals surface area contributed by atoms with Gasteiger partial charge in [-0.05, 0) is 68.7 Å². The van der Waals surface area contributed by atoms with Gasteiger partial charge < -0.3 is 14.8 Å². The number of rotatable bonds is 5. The van der Waals surface area contributed by atoms with Crippen LogP contribution in [-0.4, -0.2) is 11.8 Å². The zero-order valence-electron chi connectivity index (χ0n) is 14.1. The van der Waals surface area contributed by atoms with Crippen molar-refractivity contribution < 1.29 is 9.47 Å². The van der Waals surface area contributed by atoms with Crippen LogP contribution >= 0.6 is 12.2 Å². The van der Waals surface area contributed by atoms with Crippen LogP contribution in [0.2, 0.25) is 0 Å². The summed E-state index contributed by atoms with van der Waals surface area (Å²) >= 11 is 5.15. The Kier molecular flexibility index (Phi) is 5.99. The molecule has 0 bridgehead atoms. The third-order valence-electron chi connectivity index (χ3n) is 3.70. The van der Waals surface area contributed by atoms with Crippen LogP contribution in [0.1, 0.15) is 29.2 Å². The van der Waals surface area contributed by atoms with Crippen LogP contribution in [0.25, 0.3) is 0 Å². The number of aryl methyl sites for hydroxylation is 3. The van der Waals surface area contributed by atoms with Gasteiger partial charge in [-0.3, -0.25) is 0 Å². The summed E-state index contributed by atoms with van der Waals surface area (Å²) in [4.78, 5) is 0. The zero-order valence-corrected chi connectivity index (χ0v) is 14.9. The smallest absolute Gasteiger partial charge is 0.261 e. The fourth-order valence-corrected chi connectivity index (χ4v) is 2.52. The summed E-state index contributed by atoms with van der Waals surface area (Å²) < 4.78 is 11.3. The molecule has 0 heterocycles. The van der Waals surface area contributed by atoms with E-state index in [-0.39, 0.29) is 0 Å². The van der Waals surface area contributed by atoms with E-state index in [1.54, 1.807) is 0 Å². The summed E-state index contributed by atoms with van der Waals surface area (Å²) in [6.07, 6.45) is 0. The molecule has 0 saturated carbocycles. The Morgan fingerprint density at radius 2 is 1.74 bits per heavy atom. The molecule has 0 aliphatic heterocycles. The van der Waals surface area contributed by atoms with Crippen molar-refractivity contribution in [1.29, 1.82) is 0 Å². The number of para-hydroxylation sites is 1. The Labute approximate surface area is 143 Å². The van der Waals surface area contributed by atoms with Crippen LogP contribution in [0.3, 0.4) is 0 Å². The first-order chi connectivity index (χ1) is 11.0. The second-order valence-corrected chi connectivity index (χ2v) is 5.86. The lowest BCUT2D eigenvalue weighted by Gasteiger charge is -2.15. The minimum absolute atomic E-state index is 0.377. The molecule has 0 radical (unpaired) electrons. The number of anilines is 1. The maximum absolute atomic E-state index is 6.02. The molecule has 2 aromatic rings. The quantitative estimate of drug-likeness (QED) is 0.788.